The van der Waals surface area contributed by atoms with Crippen molar-refractivity contribution in [3.63, 3.8) is 0 Å². The predicted octanol–water partition coefficient (Wildman–Crippen LogP) is 1.54. The van der Waals surface area contributed by atoms with Gasteiger partial charge in [0.2, 0.25) is 0 Å². The van der Waals surface area contributed by atoms with Crippen LogP contribution in [0.2, 0.25) is 0 Å². The van der Waals surface area contributed by atoms with Gasteiger partial charge in [0.25, 0.3) is 0 Å². The first-order valence-electron chi connectivity index (χ1n) is 5.56. The second-order valence-corrected chi connectivity index (χ2v) is 4.64. The first-order valence-corrected chi connectivity index (χ1v) is 5.56. The van der Waals surface area contributed by atoms with Gasteiger partial charge in [0, 0.05) is 12.1 Å². The summed E-state index contributed by atoms with van der Waals surface area (Å²) in [5, 5.41) is 0. The lowest BCUT2D eigenvalue weighted by molar-refractivity contribution is -0.0559. The molecule has 0 amide bonds. The summed E-state index contributed by atoms with van der Waals surface area (Å²) in [6, 6.07) is 4.30. The normalized spacial score (nSPS) is 18.0. The number of aryl methyl sites for hydroxylation is 2. The fraction of sp³-hybridized carbons (Fsp3) is 0.538. The van der Waals surface area contributed by atoms with E-state index in [2.05, 4.69) is 26.0 Å². The third kappa shape index (κ3) is 1.60. The summed E-state index contributed by atoms with van der Waals surface area (Å²) < 4.78 is 10.8. The van der Waals surface area contributed by atoms with Crippen LogP contribution in [-0.4, -0.2) is 26.9 Å². The minimum absolute atomic E-state index is 0.0396. The van der Waals surface area contributed by atoms with Crippen LogP contribution in [0.4, 0.5) is 0 Å². The van der Waals surface area contributed by atoms with Gasteiger partial charge in [-0.1, -0.05) is 17.7 Å². The fourth-order valence-corrected chi connectivity index (χ4v) is 2.35. The Labute approximate surface area is 96.5 Å². The molecule has 0 saturated carbocycles. The van der Waals surface area contributed by atoms with E-state index >= 15 is 0 Å². The van der Waals surface area contributed by atoms with Crippen LogP contribution in [0.25, 0.3) is 0 Å². The molecule has 1 aliphatic heterocycles. The first kappa shape index (κ1) is 11.4. The molecule has 0 atom stereocenters. The molecule has 1 saturated heterocycles. The fourth-order valence-electron chi connectivity index (χ4n) is 2.35. The van der Waals surface area contributed by atoms with Crippen LogP contribution in [0, 0.1) is 13.8 Å². The Bertz CT molecular complexity index is 392. The number of ether oxygens (including phenoxy) is 2. The van der Waals surface area contributed by atoms with E-state index in [0.29, 0.717) is 19.8 Å². The smallest absolute Gasteiger partial charge is 0.125 e. The Morgan fingerprint density at radius 1 is 1.38 bits per heavy atom. The number of rotatable bonds is 3. The Morgan fingerprint density at radius 2 is 2.06 bits per heavy atom. The van der Waals surface area contributed by atoms with E-state index in [1.54, 1.807) is 7.11 Å². The van der Waals surface area contributed by atoms with Crippen LogP contribution in [0.5, 0.6) is 5.75 Å². The molecule has 16 heavy (non-hydrogen) atoms. The van der Waals surface area contributed by atoms with Crippen molar-refractivity contribution < 1.29 is 9.47 Å². The van der Waals surface area contributed by atoms with E-state index in [1.165, 1.54) is 11.1 Å². The Kier molecular flexibility index (Phi) is 2.91. The SMILES string of the molecule is COc1c(C)cc(C)cc1C1(CN)COC1. The van der Waals surface area contributed by atoms with Gasteiger partial charge in [-0.3, -0.25) is 0 Å². The van der Waals surface area contributed by atoms with Crippen molar-refractivity contribution in [2.24, 2.45) is 5.73 Å². The molecule has 2 N–H and O–H groups in total. The topological polar surface area (TPSA) is 44.5 Å². The minimum atomic E-state index is -0.0396. The summed E-state index contributed by atoms with van der Waals surface area (Å²) in [7, 11) is 1.71. The maximum absolute atomic E-state index is 5.89. The highest BCUT2D eigenvalue weighted by Gasteiger charge is 2.41. The highest BCUT2D eigenvalue weighted by Crippen LogP contribution is 2.39. The molecule has 88 valence electrons. The van der Waals surface area contributed by atoms with Gasteiger partial charge < -0.3 is 15.2 Å². The second kappa shape index (κ2) is 4.07. The lowest BCUT2D eigenvalue weighted by Gasteiger charge is -2.42. The molecule has 0 aromatic heterocycles. The van der Waals surface area contributed by atoms with Gasteiger partial charge in [0.05, 0.1) is 25.7 Å². The van der Waals surface area contributed by atoms with Crippen LogP contribution in [0.1, 0.15) is 16.7 Å². The van der Waals surface area contributed by atoms with Gasteiger partial charge in [0.1, 0.15) is 5.75 Å². The summed E-state index contributed by atoms with van der Waals surface area (Å²) in [5.41, 5.74) is 9.45. The maximum atomic E-state index is 5.89. The van der Waals surface area contributed by atoms with E-state index in [4.69, 9.17) is 15.2 Å². The van der Waals surface area contributed by atoms with Crippen molar-refractivity contribution in [2.45, 2.75) is 19.3 Å². The highest BCUT2D eigenvalue weighted by molar-refractivity contribution is 5.49. The van der Waals surface area contributed by atoms with Crippen LogP contribution < -0.4 is 10.5 Å². The zero-order chi connectivity index (χ0) is 11.8. The zero-order valence-electron chi connectivity index (χ0n) is 10.2. The summed E-state index contributed by atoms with van der Waals surface area (Å²) >= 11 is 0. The van der Waals surface area contributed by atoms with E-state index in [1.807, 2.05) is 0 Å². The van der Waals surface area contributed by atoms with Crippen LogP contribution in [0.3, 0.4) is 0 Å². The molecular formula is C13H19NO2. The quantitative estimate of drug-likeness (QED) is 0.842. The third-order valence-electron chi connectivity index (χ3n) is 3.34. The largest absolute Gasteiger partial charge is 0.496 e. The van der Waals surface area contributed by atoms with Crippen molar-refractivity contribution in [1.82, 2.24) is 0 Å². The molecule has 1 aliphatic rings. The van der Waals surface area contributed by atoms with E-state index in [-0.39, 0.29) is 5.41 Å². The van der Waals surface area contributed by atoms with Crippen molar-refractivity contribution in [3.8, 4) is 5.75 Å². The number of hydrogen-bond acceptors (Lipinski definition) is 3. The molecule has 0 bridgehead atoms. The summed E-state index contributed by atoms with van der Waals surface area (Å²) in [4.78, 5) is 0. The van der Waals surface area contributed by atoms with Crippen LogP contribution >= 0.6 is 0 Å². The Hall–Kier alpha value is -1.06. The summed E-state index contributed by atoms with van der Waals surface area (Å²) in [5.74, 6) is 0.958. The molecule has 1 aromatic rings. The number of hydrogen-bond donors (Lipinski definition) is 1. The third-order valence-corrected chi connectivity index (χ3v) is 3.34. The molecule has 3 nitrogen and oxygen atoms in total. The van der Waals surface area contributed by atoms with Gasteiger partial charge in [-0.05, 0) is 19.4 Å². The minimum Gasteiger partial charge on any atom is -0.496 e. The van der Waals surface area contributed by atoms with Crippen molar-refractivity contribution in [2.75, 3.05) is 26.9 Å². The summed E-state index contributed by atoms with van der Waals surface area (Å²) in [6.45, 7) is 6.16. The zero-order valence-corrected chi connectivity index (χ0v) is 10.2. The standard InChI is InChI=1S/C13H19NO2/c1-9-4-10(2)12(15-3)11(5-9)13(6-14)7-16-8-13/h4-5H,6-8,14H2,1-3H3. The molecule has 0 aliphatic carbocycles. The lowest BCUT2D eigenvalue weighted by Crippen LogP contribution is -2.52. The predicted molar refractivity (Wildman–Crippen MR) is 64.0 cm³/mol. The molecule has 0 spiro atoms. The van der Waals surface area contributed by atoms with E-state index in [0.717, 1.165) is 11.3 Å². The Balaban J connectivity index is 2.53. The van der Waals surface area contributed by atoms with Crippen LogP contribution in [0.15, 0.2) is 12.1 Å². The van der Waals surface area contributed by atoms with Crippen molar-refractivity contribution in [3.05, 3.63) is 28.8 Å². The van der Waals surface area contributed by atoms with Gasteiger partial charge in [-0.15, -0.1) is 0 Å². The average molecular weight is 221 g/mol. The lowest BCUT2D eigenvalue weighted by atomic mass is 9.77. The Morgan fingerprint density at radius 3 is 2.50 bits per heavy atom. The van der Waals surface area contributed by atoms with Gasteiger partial charge >= 0.3 is 0 Å². The highest BCUT2D eigenvalue weighted by atomic mass is 16.5. The molecule has 1 heterocycles. The molecule has 1 fully saturated rings. The van der Waals surface area contributed by atoms with Gasteiger partial charge in [0.15, 0.2) is 0 Å². The molecule has 3 heteroatoms. The number of benzene rings is 1. The number of nitrogens with two attached hydrogens (primary N) is 1. The van der Waals surface area contributed by atoms with Crippen molar-refractivity contribution >= 4 is 0 Å². The average Bonchev–Trinajstić information content (AvgIpc) is 2.16. The first-order chi connectivity index (χ1) is 7.63. The second-order valence-electron chi connectivity index (χ2n) is 4.64. The van der Waals surface area contributed by atoms with Gasteiger partial charge in [-0.2, -0.15) is 0 Å². The van der Waals surface area contributed by atoms with Gasteiger partial charge in [-0.25, -0.2) is 0 Å². The van der Waals surface area contributed by atoms with E-state index < -0.39 is 0 Å². The molecular weight excluding hydrogens is 202 g/mol. The van der Waals surface area contributed by atoms with Crippen LogP contribution in [-0.2, 0) is 10.2 Å². The molecule has 2 rings (SSSR count). The molecule has 0 unspecified atom stereocenters. The van der Waals surface area contributed by atoms with E-state index in [9.17, 15) is 0 Å². The summed E-state index contributed by atoms with van der Waals surface area (Å²) in [6.07, 6.45) is 0. The molecule has 1 aromatic carbocycles. The number of methoxy groups -OCH3 is 1. The maximum Gasteiger partial charge on any atom is 0.125 e. The molecule has 0 radical (unpaired) electrons. The van der Waals surface area contributed by atoms with Crippen molar-refractivity contribution in [1.29, 1.82) is 0 Å². The monoisotopic (exact) mass is 221 g/mol.